The average Bonchev–Trinajstić information content (AvgIpc) is 2.47. The second kappa shape index (κ2) is 8.43. The number of rotatable bonds is 7. The van der Waals surface area contributed by atoms with E-state index >= 15 is 0 Å². The minimum atomic E-state index is -2.29. The first-order chi connectivity index (χ1) is 9.33. The van der Waals surface area contributed by atoms with Gasteiger partial charge in [0.25, 0.3) is 11.6 Å². The van der Waals surface area contributed by atoms with E-state index in [0.717, 1.165) is 0 Å². The summed E-state index contributed by atoms with van der Waals surface area (Å²) < 4.78 is 0. The van der Waals surface area contributed by atoms with Crippen LogP contribution in [0.5, 0.6) is 0 Å². The maximum absolute atomic E-state index is 11.3. The number of guanidine groups is 2. The molecule has 0 aliphatic heterocycles. The molecule has 0 aliphatic rings. The predicted molar refractivity (Wildman–Crippen MR) is 62.1 cm³/mol. The Morgan fingerprint density at radius 2 is 1.20 bits per heavy atom. The summed E-state index contributed by atoms with van der Waals surface area (Å²) in [6.07, 6.45) is -4.58. The molecule has 20 heavy (non-hydrogen) atoms. The topological polar surface area (TPSA) is 246 Å². The van der Waals surface area contributed by atoms with Crippen molar-refractivity contribution in [3.8, 4) is 0 Å². The van der Waals surface area contributed by atoms with Crippen LogP contribution in [0, 0.1) is 0 Å². The third kappa shape index (κ3) is 5.78. The number of hydrogen-bond donors (Lipinski definition) is 8. The Morgan fingerprint density at radius 1 is 0.900 bits per heavy atom. The Bertz CT molecular complexity index is 372. The predicted octanol–water partition coefficient (Wildman–Crippen LogP) is -5.82. The van der Waals surface area contributed by atoms with Gasteiger partial charge in [-0.15, -0.1) is 10.2 Å². The maximum atomic E-state index is 11.3. The van der Waals surface area contributed by atoms with Crippen LogP contribution in [-0.2, 0) is 19.3 Å². The highest BCUT2D eigenvalue weighted by molar-refractivity contribution is 6.39. The van der Waals surface area contributed by atoms with E-state index in [1.807, 2.05) is 0 Å². The van der Waals surface area contributed by atoms with E-state index < -0.39 is 36.1 Å². The van der Waals surface area contributed by atoms with Gasteiger partial charge in [-0.1, -0.05) is 0 Å². The van der Waals surface area contributed by atoms with Gasteiger partial charge >= 0.3 is 0 Å². The van der Waals surface area contributed by atoms with Crippen molar-refractivity contribution < 1.29 is 29.5 Å². The van der Waals surface area contributed by atoms with Gasteiger partial charge in [-0.05, 0) is 0 Å². The lowest BCUT2D eigenvalue weighted by Crippen LogP contribution is -2.46. The molecule has 114 valence electrons. The third-order valence-electron chi connectivity index (χ3n) is 1.52. The number of hydrazone groups is 2. The number of aliphatic hydroxyl groups is 2. The zero-order valence-electron chi connectivity index (χ0n) is 9.89. The molecule has 14 nitrogen and oxygen atoms in total. The monoisotopic (exact) mass is 294 g/mol. The number of hydrogen-bond acceptors (Lipinski definition) is 10. The Kier molecular flexibility index (Phi) is 7.30. The number of nitrogens with zero attached hydrogens (tertiary/aromatic N) is 2. The maximum Gasteiger partial charge on any atom is 0.261 e. The highest BCUT2D eigenvalue weighted by atomic mass is 16.7. The fraction of sp³-hybridized carbons (Fsp3) is 0.333. The molecule has 0 rings (SSSR count). The molecule has 0 saturated carbocycles. The van der Waals surface area contributed by atoms with Crippen molar-refractivity contribution in [2.75, 3.05) is 0 Å². The number of carbonyl (C=O) groups excluding carboxylic acids is 2. The lowest BCUT2D eigenvalue weighted by molar-refractivity contribution is -0.184. The van der Waals surface area contributed by atoms with Gasteiger partial charge in [0, 0.05) is 0 Å². The summed E-state index contributed by atoms with van der Waals surface area (Å²) in [5.74, 6) is 5.35. The summed E-state index contributed by atoms with van der Waals surface area (Å²) in [7, 11) is 0. The van der Waals surface area contributed by atoms with Gasteiger partial charge in [0.05, 0.1) is 0 Å². The van der Waals surface area contributed by atoms with Gasteiger partial charge in [-0.3, -0.25) is 9.59 Å². The molecule has 0 spiro atoms. The molecule has 0 saturated heterocycles. The minimum Gasteiger partial charge on any atom is -0.367 e. The molecule has 0 bridgehead atoms. The number of ketones is 2. The fourth-order valence-electron chi connectivity index (χ4n) is 0.636. The van der Waals surface area contributed by atoms with E-state index in [1.54, 1.807) is 11.0 Å². The second-order valence-electron chi connectivity index (χ2n) is 2.90. The summed E-state index contributed by atoms with van der Waals surface area (Å²) in [5, 5.41) is 24.1. The van der Waals surface area contributed by atoms with Crippen molar-refractivity contribution in [1.29, 1.82) is 0 Å². The summed E-state index contributed by atoms with van der Waals surface area (Å²) in [6.45, 7) is 0. The molecule has 0 radical (unpaired) electrons. The van der Waals surface area contributed by atoms with E-state index in [9.17, 15) is 9.59 Å². The van der Waals surface area contributed by atoms with Crippen molar-refractivity contribution in [2.24, 2.45) is 33.4 Å². The van der Waals surface area contributed by atoms with E-state index in [-0.39, 0.29) is 0 Å². The number of aliphatic hydroxyl groups excluding tert-OH is 2. The van der Waals surface area contributed by atoms with Crippen molar-refractivity contribution in [3.05, 3.63) is 0 Å². The van der Waals surface area contributed by atoms with Crippen LogP contribution >= 0.6 is 0 Å². The Hall–Kier alpha value is -2.68. The van der Waals surface area contributed by atoms with Crippen LogP contribution in [0.1, 0.15) is 0 Å². The van der Waals surface area contributed by atoms with Crippen LogP contribution < -0.4 is 34.1 Å². The standard InChI is InChI=1S/C6H14N8O6/c7-5(11-9)13-19-3(17)1(15)2(16)4(18)20-14-6(8)12-10/h3-4,17-18H,9-10H2,(H3,7,11,13)(H3,8,12,14). The number of nitrogens with two attached hydrogens (primary N) is 4. The van der Waals surface area contributed by atoms with Crippen LogP contribution in [-0.4, -0.2) is 46.3 Å². The van der Waals surface area contributed by atoms with Crippen LogP contribution in [0.3, 0.4) is 0 Å². The fourth-order valence-corrected chi connectivity index (χ4v) is 0.636. The summed E-state index contributed by atoms with van der Waals surface area (Å²) in [6, 6.07) is 0. The second-order valence-corrected chi connectivity index (χ2v) is 2.90. The van der Waals surface area contributed by atoms with Crippen molar-refractivity contribution in [2.45, 2.75) is 12.6 Å². The van der Waals surface area contributed by atoms with E-state index in [0.29, 0.717) is 0 Å². The zero-order valence-corrected chi connectivity index (χ0v) is 9.89. The Balaban J connectivity index is 4.34. The smallest absolute Gasteiger partial charge is 0.261 e. The van der Waals surface area contributed by atoms with Crippen molar-refractivity contribution in [3.63, 3.8) is 0 Å². The van der Waals surface area contributed by atoms with Gasteiger partial charge < -0.3 is 33.4 Å². The van der Waals surface area contributed by atoms with Crippen LogP contribution in [0.15, 0.2) is 10.2 Å². The molecule has 12 N–H and O–H groups in total. The first-order valence-electron chi connectivity index (χ1n) is 4.67. The van der Waals surface area contributed by atoms with Crippen LogP contribution in [0.4, 0.5) is 0 Å². The summed E-state index contributed by atoms with van der Waals surface area (Å²) in [5.41, 5.74) is 13.5. The average molecular weight is 294 g/mol. The molecule has 2 atom stereocenters. The van der Waals surface area contributed by atoms with Crippen molar-refractivity contribution >= 4 is 23.5 Å². The Morgan fingerprint density at radius 3 is 1.45 bits per heavy atom. The van der Waals surface area contributed by atoms with E-state index in [2.05, 4.69) is 19.9 Å². The Labute approximate surface area is 111 Å². The van der Waals surface area contributed by atoms with Crippen molar-refractivity contribution in [1.82, 2.24) is 11.0 Å². The quantitative estimate of drug-likeness (QED) is 0.0546. The zero-order chi connectivity index (χ0) is 15.7. The van der Waals surface area contributed by atoms with Gasteiger partial charge in [0.1, 0.15) is 0 Å². The van der Waals surface area contributed by atoms with Crippen LogP contribution in [0.2, 0.25) is 0 Å². The highest BCUT2D eigenvalue weighted by Crippen LogP contribution is 1.95. The molecule has 14 heteroatoms. The molecule has 0 fully saturated rings. The normalized spacial score (nSPS) is 15.3. The summed E-state index contributed by atoms with van der Waals surface area (Å²) in [4.78, 5) is 31.0. The molecular weight excluding hydrogens is 280 g/mol. The first-order valence-corrected chi connectivity index (χ1v) is 4.67. The summed E-state index contributed by atoms with van der Waals surface area (Å²) >= 11 is 0. The largest absolute Gasteiger partial charge is 0.367 e. The number of hydroxylamine groups is 2. The molecule has 0 aromatic carbocycles. The van der Waals surface area contributed by atoms with Gasteiger partial charge in [-0.2, -0.15) is 0 Å². The molecule has 0 aromatic heterocycles. The first kappa shape index (κ1) is 17.3. The molecule has 0 aromatic rings. The minimum absolute atomic E-state index is 0.477. The number of nitrogens with one attached hydrogen (secondary N) is 2. The molecule has 2 unspecified atom stereocenters. The number of Topliss-reactive ketones (excluding diaryl/α,β-unsaturated/α-hetero) is 2. The number of carbonyl (C=O) groups is 2. The SMILES string of the molecule is NN=C(N)NOC(O)C(=O)C(=O)C(O)ONC(N)=NN. The van der Waals surface area contributed by atoms with Gasteiger partial charge in [0.15, 0.2) is 0 Å². The van der Waals surface area contributed by atoms with E-state index in [1.165, 1.54) is 0 Å². The van der Waals surface area contributed by atoms with Gasteiger partial charge in [-0.25, -0.2) is 20.6 Å². The van der Waals surface area contributed by atoms with Gasteiger partial charge in [0.2, 0.25) is 24.5 Å². The molecular formula is C6H14N8O6. The van der Waals surface area contributed by atoms with Crippen LogP contribution in [0.25, 0.3) is 0 Å². The molecule has 0 aliphatic carbocycles. The molecule has 0 heterocycles. The lowest BCUT2D eigenvalue weighted by Gasteiger charge is -2.13. The molecule has 0 amide bonds. The lowest BCUT2D eigenvalue weighted by atomic mass is 10.2. The third-order valence-corrected chi connectivity index (χ3v) is 1.52. The van der Waals surface area contributed by atoms with E-state index in [4.69, 9.17) is 33.4 Å². The highest BCUT2D eigenvalue weighted by Gasteiger charge is 2.31.